The van der Waals surface area contributed by atoms with Crippen molar-refractivity contribution in [1.29, 1.82) is 0 Å². The molecule has 0 heteroatoms. The van der Waals surface area contributed by atoms with Crippen LogP contribution in [0.3, 0.4) is 0 Å². The van der Waals surface area contributed by atoms with Gasteiger partial charge in [-0.3, -0.25) is 0 Å². The van der Waals surface area contributed by atoms with Gasteiger partial charge in [0.1, 0.15) is 0 Å². The van der Waals surface area contributed by atoms with Gasteiger partial charge in [0.05, 0.1) is 0 Å². The summed E-state index contributed by atoms with van der Waals surface area (Å²) in [5.74, 6) is 0. The lowest BCUT2D eigenvalue weighted by Gasteiger charge is -2.21. The molecule has 0 N–H and O–H groups in total. The van der Waals surface area contributed by atoms with Gasteiger partial charge in [0.15, 0.2) is 0 Å². The SMILES string of the molecule is c1ccc(-c2c3ccccc3c(-c3cc(-c4ccc5ccccc5c4)ccc3-c3ccc4ccccc4c3)c3ccccc23)cc1. The lowest BCUT2D eigenvalue weighted by molar-refractivity contribution is 1.60. The maximum atomic E-state index is 2.42. The summed E-state index contributed by atoms with van der Waals surface area (Å²) in [5, 5.41) is 10.1. The molecule has 46 heavy (non-hydrogen) atoms. The van der Waals surface area contributed by atoms with E-state index in [1.807, 2.05) is 0 Å². The Bertz CT molecular complexity index is 2520. The number of hydrogen-bond acceptors (Lipinski definition) is 0. The molecule has 0 spiro atoms. The van der Waals surface area contributed by atoms with Crippen LogP contribution in [0, 0.1) is 0 Å². The minimum atomic E-state index is 1.21. The van der Waals surface area contributed by atoms with Gasteiger partial charge in [-0.25, -0.2) is 0 Å². The first-order chi connectivity index (χ1) is 22.8. The molecule has 0 fully saturated rings. The molecule has 0 unspecified atom stereocenters. The van der Waals surface area contributed by atoms with Gasteiger partial charge in [-0.15, -0.1) is 0 Å². The fraction of sp³-hybridized carbons (Fsp3) is 0. The molecule has 0 nitrogen and oxygen atoms in total. The van der Waals surface area contributed by atoms with E-state index in [9.17, 15) is 0 Å². The molecule has 0 aliphatic heterocycles. The van der Waals surface area contributed by atoms with Gasteiger partial charge in [0.25, 0.3) is 0 Å². The molecule has 0 atom stereocenters. The van der Waals surface area contributed by atoms with Crippen molar-refractivity contribution in [2.24, 2.45) is 0 Å². The standard InChI is InChI=1S/C46H30/c1-2-14-33(15-3-1)45-40-18-8-10-20-42(40)46(43-21-11-9-19-41(43)45)44-30-37(36-24-22-31-12-4-6-16-34(31)28-36)26-27-39(44)38-25-23-32-13-5-7-17-35(32)29-38/h1-30H. The molecular formula is C46H30. The van der Waals surface area contributed by atoms with Crippen LogP contribution in [0.15, 0.2) is 182 Å². The maximum absolute atomic E-state index is 2.42. The van der Waals surface area contributed by atoms with Crippen molar-refractivity contribution in [3.05, 3.63) is 182 Å². The van der Waals surface area contributed by atoms with Gasteiger partial charge in [0, 0.05) is 0 Å². The summed E-state index contributed by atoms with van der Waals surface area (Å²) in [4.78, 5) is 0. The fourth-order valence-corrected chi connectivity index (χ4v) is 7.24. The molecule has 0 amide bonds. The molecule has 214 valence electrons. The largest absolute Gasteiger partial charge is 0.0622 e. The lowest BCUT2D eigenvalue weighted by Crippen LogP contribution is -1.93. The van der Waals surface area contributed by atoms with Gasteiger partial charge >= 0.3 is 0 Å². The highest BCUT2D eigenvalue weighted by atomic mass is 14.2. The molecule has 0 saturated heterocycles. The molecule has 9 aromatic carbocycles. The van der Waals surface area contributed by atoms with E-state index in [2.05, 4.69) is 182 Å². The third kappa shape index (κ3) is 4.38. The van der Waals surface area contributed by atoms with E-state index in [1.165, 1.54) is 87.6 Å². The number of hydrogen-bond donors (Lipinski definition) is 0. The number of benzene rings is 9. The van der Waals surface area contributed by atoms with Crippen molar-refractivity contribution in [2.45, 2.75) is 0 Å². The summed E-state index contributed by atoms with van der Waals surface area (Å²) in [6.45, 7) is 0. The summed E-state index contributed by atoms with van der Waals surface area (Å²) in [6, 6.07) is 66.7. The van der Waals surface area contributed by atoms with E-state index < -0.39 is 0 Å². The molecule has 0 bridgehead atoms. The zero-order valence-corrected chi connectivity index (χ0v) is 25.3. The molecule has 0 aliphatic carbocycles. The van der Waals surface area contributed by atoms with Crippen LogP contribution >= 0.6 is 0 Å². The van der Waals surface area contributed by atoms with Crippen LogP contribution in [0.1, 0.15) is 0 Å². The fourth-order valence-electron chi connectivity index (χ4n) is 7.24. The second-order valence-corrected chi connectivity index (χ2v) is 12.1. The third-order valence-corrected chi connectivity index (χ3v) is 9.43. The zero-order valence-electron chi connectivity index (χ0n) is 25.3. The predicted molar refractivity (Wildman–Crippen MR) is 198 cm³/mol. The predicted octanol–water partition coefficient (Wildman–Crippen LogP) is 13.0. The number of rotatable bonds is 4. The molecule has 9 aromatic rings. The van der Waals surface area contributed by atoms with Crippen LogP contribution in [0.4, 0.5) is 0 Å². The average Bonchev–Trinajstić information content (AvgIpc) is 3.13. The highest BCUT2D eigenvalue weighted by Crippen LogP contribution is 2.47. The van der Waals surface area contributed by atoms with Crippen molar-refractivity contribution < 1.29 is 0 Å². The molecular weight excluding hydrogens is 553 g/mol. The van der Waals surface area contributed by atoms with Crippen molar-refractivity contribution in [3.8, 4) is 44.5 Å². The third-order valence-electron chi connectivity index (χ3n) is 9.43. The Morgan fingerprint density at radius 1 is 0.217 bits per heavy atom. The zero-order chi connectivity index (χ0) is 30.5. The summed E-state index contributed by atoms with van der Waals surface area (Å²) >= 11 is 0. The highest BCUT2D eigenvalue weighted by Gasteiger charge is 2.20. The summed E-state index contributed by atoms with van der Waals surface area (Å²) in [6.07, 6.45) is 0. The second-order valence-electron chi connectivity index (χ2n) is 12.1. The summed E-state index contributed by atoms with van der Waals surface area (Å²) in [7, 11) is 0. The minimum absolute atomic E-state index is 1.21. The Balaban J connectivity index is 1.39. The van der Waals surface area contributed by atoms with Crippen LogP contribution in [0.2, 0.25) is 0 Å². The normalized spacial score (nSPS) is 11.5. The molecule has 0 radical (unpaired) electrons. The van der Waals surface area contributed by atoms with Gasteiger partial charge in [-0.2, -0.15) is 0 Å². The van der Waals surface area contributed by atoms with E-state index in [0.29, 0.717) is 0 Å². The topological polar surface area (TPSA) is 0 Å². The quantitative estimate of drug-likeness (QED) is 0.181. The number of fused-ring (bicyclic) bond motifs is 4. The van der Waals surface area contributed by atoms with E-state index >= 15 is 0 Å². The van der Waals surface area contributed by atoms with Gasteiger partial charge in [0.2, 0.25) is 0 Å². The van der Waals surface area contributed by atoms with E-state index in [4.69, 9.17) is 0 Å². The first-order valence-corrected chi connectivity index (χ1v) is 15.9. The monoisotopic (exact) mass is 582 g/mol. The molecule has 9 rings (SSSR count). The average molecular weight is 583 g/mol. The Hall–Kier alpha value is -5.98. The molecule has 0 aromatic heterocycles. The van der Waals surface area contributed by atoms with Crippen LogP contribution in [0.25, 0.3) is 87.6 Å². The molecule has 0 heterocycles. The van der Waals surface area contributed by atoms with E-state index in [-0.39, 0.29) is 0 Å². The van der Waals surface area contributed by atoms with Crippen molar-refractivity contribution in [3.63, 3.8) is 0 Å². The first-order valence-electron chi connectivity index (χ1n) is 15.9. The van der Waals surface area contributed by atoms with Crippen molar-refractivity contribution in [2.75, 3.05) is 0 Å². The van der Waals surface area contributed by atoms with Crippen LogP contribution in [0.5, 0.6) is 0 Å². The highest BCUT2D eigenvalue weighted by molar-refractivity contribution is 6.22. The Labute approximate surface area is 268 Å². The molecule has 0 saturated carbocycles. The summed E-state index contributed by atoms with van der Waals surface area (Å²) in [5.41, 5.74) is 9.93. The Kier molecular flexibility index (Phi) is 6.25. The van der Waals surface area contributed by atoms with Gasteiger partial charge in [-0.1, -0.05) is 164 Å². The maximum Gasteiger partial charge on any atom is -0.00199 e. The Morgan fingerprint density at radius 2 is 0.652 bits per heavy atom. The van der Waals surface area contributed by atoms with Crippen LogP contribution in [-0.2, 0) is 0 Å². The first kappa shape index (κ1) is 26.4. The molecule has 0 aliphatic rings. The van der Waals surface area contributed by atoms with Crippen LogP contribution in [-0.4, -0.2) is 0 Å². The van der Waals surface area contributed by atoms with Gasteiger partial charge < -0.3 is 0 Å². The smallest absolute Gasteiger partial charge is 0.00199 e. The Morgan fingerprint density at radius 3 is 1.26 bits per heavy atom. The second kappa shape index (κ2) is 10.9. The van der Waals surface area contributed by atoms with E-state index in [0.717, 1.165) is 0 Å². The van der Waals surface area contributed by atoms with Gasteiger partial charge in [-0.05, 0) is 106 Å². The van der Waals surface area contributed by atoms with Crippen molar-refractivity contribution in [1.82, 2.24) is 0 Å². The van der Waals surface area contributed by atoms with Crippen molar-refractivity contribution >= 4 is 43.1 Å². The minimum Gasteiger partial charge on any atom is -0.0622 e. The van der Waals surface area contributed by atoms with E-state index in [1.54, 1.807) is 0 Å². The lowest BCUT2D eigenvalue weighted by atomic mass is 9.82. The van der Waals surface area contributed by atoms with Crippen LogP contribution < -0.4 is 0 Å². The summed E-state index contributed by atoms with van der Waals surface area (Å²) < 4.78 is 0.